The Morgan fingerprint density at radius 3 is 2.53 bits per heavy atom. The molecular formula is C26H24F2N2O5S. The largest absolute Gasteiger partial charge is 0.497 e. The van der Waals surface area contributed by atoms with Gasteiger partial charge in [-0.3, -0.25) is 14.5 Å². The number of benzene rings is 2. The second-order valence-electron chi connectivity index (χ2n) is 8.11. The van der Waals surface area contributed by atoms with E-state index >= 15 is 0 Å². The fourth-order valence-electron chi connectivity index (χ4n) is 3.89. The van der Waals surface area contributed by atoms with Crippen LogP contribution in [0.25, 0.3) is 0 Å². The maximum Gasteiger partial charge on any atom is 0.355 e. The van der Waals surface area contributed by atoms with Crippen molar-refractivity contribution in [2.75, 3.05) is 12.9 Å². The van der Waals surface area contributed by atoms with Gasteiger partial charge in [-0.25, -0.2) is 13.6 Å². The first-order valence-electron chi connectivity index (χ1n) is 11.1. The van der Waals surface area contributed by atoms with Crippen molar-refractivity contribution in [3.8, 4) is 5.75 Å². The molecule has 4 rings (SSSR count). The average Bonchev–Trinajstić information content (AvgIpc) is 2.89. The maximum atomic E-state index is 13.0. The summed E-state index contributed by atoms with van der Waals surface area (Å²) in [6.45, 7) is -0.0742. The number of hydrogen-bond acceptors (Lipinski definition) is 6. The molecule has 1 N–H and O–H groups in total. The number of fused-ring (bicyclic) bond motifs is 1. The molecule has 0 aliphatic carbocycles. The van der Waals surface area contributed by atoms with E-state index in [1.165, 1.54) is 23.8 Å². The Balaban J connectivity index is 1.48. The molecule has 2 aliphatic heterocycles. The number of nitrogens with zero attached hydrogens (tertiary/aromatic N) is 1. The predicted octanol–water partition coefficient (Wildman–Crippen LogP) is 3.46. The number of nitrogens with one attached hydrogen (secondary N) is 1. The third-order valence-corrected chi connectivity index (χ3v) is 6.99. The molecule has 2 atom stereocenters. The summed E-state index contributed by atoms with van der Waals surface area (Å²) >= 11 is 1.29. The number of β-lactam (4-membered cyclic amide) rings is 1. The van der Waals surface area contributed by atoms with Crippen molar-refractivity contribution in [3.05, 3.63) is 89.1 Å². The van der Waals surface area contributed by atoms with Crippen LogP contribution in [0.1, 0.15) is 11.1 Å². The molecule has 0 saturated carbocycles. The van der Waals surface area contributed by atoms with Gasteiger partial charge in [0.1, 0.15) is 29.5 Å². The fourth-order valence-corrected chi connectivity index (χ4v) is 5.21. The highest BCUT2D eigenvalue weighted by Gasteiger charge is 2.54. The van der Waals surface area contributed by atoms with E-state index in [4.69, 9.17) is 9.47 Å². The first-order chi connectivity index (χ1) is 17.4. The first-order valence-corrected chi connectivity index (χ1v) is 12.2. The minimum atomic E-state index is -2.71. The van der Waals surface area contributed by atoms with Gasteiger partial charge in [0.2, 0.25) is 5.91 Å². The molecule has 7 nitrogen and oxygen atoms in total. The molecule has 188 valence electrons. The van der Waals surface area contributed by atoms with Crippen molar-refractivity contribution in [2.45, 2.75) is 30.9 Å². The van der Waals surface area contributed by atoms with Crippen LogP contribution in [0.3, 0.4) is 0 Å². The van der Waals surface area contributed by atoms with Gasteiger partial charge in [-0.15, -0.1) is 11.8 Å². The summed E-state index contributed by atoms with van der Waals surface area (Å²) < 4.78 is 36.2. The third kappa shape index (κ3) is 5.76. The maximum absolute atomic E-state index is 13.0. The highest BCUT2D eigenvalue weighted by atomic mass is 32.2. The molecule has 0 radical (unpaired) electrons. The Hall–Kier alpha value is -3.66. The van der Waals surface area contributed by atoms with Gasteiger partial charge in [0.25, 0.3) is 12.3 Å². The fraction of sp³-hybridized carbons (Fsp3) is 0.269. The van der Waals surface area contributed by atoms with Crippen LogP contribution in [0.15, 0.2) is 78.0 Å². The second-order valence-corrected chi connectivity index (χ2v) is 9.21. The van der Waals surface area contributed by atoms with E-state index in [-0.39, 0.29) is 36.0 Å². The molecule has 1 saturated heterocycles. The van der Waals surface area contributed by atoms with Gasteiger partial charge in [0.15, 0.2) is 0 Å². The number of alkyl halides is 2. The van der Waals surface area contributed by atoms with Crippen LogP contribution in [-0.2, 0) is 32.1 Å². The predicted molar refractivity (Wildman–Crippen MR) is 130 cm³/mol. The van der Waals surface area contributed by atoms with Gasteiger partial charge in [-0.05, 0) is 34.9 Å². The smallest absolute Gasteiger partial charge is 0.355 e. The molecule has 2 amide bonds. The topological polar surface area (TPSA) is 84.9 Å². The summed E-state index contributed by atoms with van der Waals surface area (Å²) in [5.74, 6) is -0.766. The van der Waals surface area contributed by atoms with Crippen molar-refractivity contribution >= 4 is 29.5 Å². The lowest BCUT2D eigenvalue weighted by molar-refractivity contribution is -0.153. The lowest BCUT2D eigenvalue weighted by atomic mass is 10.0. The Bertz CT molecular complexity index is 1180. The van der Waals surface area contributed by atoms with Gasteiger partial charge in [-0.1, -0.05) is 48.5 Å². The molecule has 0 bridgehead atoms. The van der Waals surface area contributed by atoms with Crippen LogP contribution in [-0.4, -0.2) is 53.4 Å². The summed E-state index contributed by atoms with van der Waals surface area (Å²) in [6, 6.07) is 15.2. The van der Waals surface area contributed by atoms with Crippen molar-refractivity contribution < 1.29 is 32.6 Å². The second kappa shape index (κ2) is 11.4. The Labute approximate surface area is 211 Å². The van der Waals surface area contributed by atoms with Gasteiger partial charge < -0.3 is 14.8 Å². The van der Waals surface area contributed by atoms with E-state index in [0.29, 0.717) is 17.4 Å². The standard InChI is InChI=1S/C26H24F2N2O5S/c1-34-19-10-7-17(8-11-19)14-35-26(33)23-18(9-12-20(27)28)15-36-25-22(24(32)30(23)25)29-21(31)13-16-5-3-2-4-6-16/h2-12,20,22,25H,13-15H2,1H3,(H,29,31)/b12-9+/t22-,25-/m1/s1. The number of rotatable bonds is 9. The van der Waals surface area contributed by atoms with Crippen LogP contribution in [0.5, 0.6) is 5.75 Å². The summed E-state index contributed by atoms with van der Waals surface area (Å²) in [6.07, 6.45) is -0.798. The Morgan fingerprint density at radius 1 is 1.14 bits per heavy atom. The minimum Gasteiger partial charge on any atom is -0.497 e. The zero-order chi connectivity index (χ0) is 25.7. The van der Waals surface area contributed by atoms with Crippen molar-refractivity contribution in [1.82, 2.24) is 10.2 Å². The van der Waals surface area contributed by atoms with E-state index in [0.717, 1.165) is 11.6 Å². The zero-order valence-corrected chi connectivity index (χ0v) is 20.2. The average molecular weight is 515 g/mol. The molecule has 1 fully saturated rings. The molecule has 10 heteroatoms. The van der Waals surface area contributed by atoms with Crippen molar-refractivity contribution in [2.24, 2.45) is 0 Å². The number of esters is 1. The number of thioether (sulfide) groups is 1. The number of halogens is 2. The number of carbonyl (C=O) groups is 3. The lowest BCUT2D eigenvalue weighted by Crippen LogP contribution is -2.70. The summed E-state index contributed by atoms with van der Waals surface area (Å²) in [5.41, 5.74) is 1.68. The van der Waals surface area contributed by atoms with Crippen LogP contribution < -0.4 is 10.1 Å². The Morgan fingerprint density at radius 2 is 1.86 bits per heavy atom. The molecule has 2 heterocycles. The highest BCUT2D eigenvalue weighted by molar-refractivity contribution is 8.00. The van der Waals surface area contributed by atoms with Crippen LogP contribution in [0.4, 0.5) is 8.78 Å². The summed E-state index contributed by atoms with van der Waals surface area (Å²) in [4.78, 5) is 39.8. The molecule has 2 aliphatic rings. The number of carbonyl (C=O) groups excluding carboxylic acids is 3. The summed E-state index contributed by atoms with van der Waals surface area (Å²) in [7, 11) is 1.54. The molecule has 0 aromatic heterocycles. The van der Waals surface area contributed by atoms with Gasteiger partial charge in [0, 0.05) is 5.75 Å². The lowest BCUT2D eigenvalue weighted by Gasteiger charge is -2.49. The first kappa shape index (κ1) is 25.4. The zero-order valence-electron chi connectivity index (χ0n) is 19.4. The monoisotopic (exact) mass is 514 g/mol. The third-order valence-electron chi connectivity index (χ3n) is 5.69. The van der Waals surface area contributed by atoms with Gasteiger partial charge >= 0.3 is 5.97 Å². The van der Waals surface area contributed by atoms with E-state index in [9.17, 15) is 23.2 Å². The number of amides is 2. The summed E-state index contributed by atoms with van der Waals surface area (Å²) in [5, 5.41) is 2.19. The Kier molecular flexibility index (Phi) is 8.04. The van der Waals surface area contributed by atoms with Crippen LogP contribution in [0.2, 0.25) is 0 Å². The van der Waals surface area contributed by atoms with Crippen molar-refractivity contribution in [3.63, 3.8) is 0 Å². The van der Waals surface area contributed by atoms with E-state index < -0.39 is 29.7 Å². The van der Waals surface area contributed by atoms with Gasteiger partial charge in [-0.2, -0.15) is 0 Å². The van der Waals surface area contributed by atoms with E-state index in [1.54, 1.807) is 24.3 Å². The van der Waals surface area contributed by atoms with Crippen molar-refractivity contribution in [1.29, 1.82) is 0 Å². The van der Waals surface area contributed by atoms with Crippen LogP contribution >= 0.6 is 11.8 Å². The molecule has 2 aromatic rings. The van der Waals surface area contributed by atoms with Gasteiger partial charge in [0.05, 0.1) is 13.5 Å². The number of allylic oxidation sites excluding steroid dienone is 2. The van der Waals surface area contributed by atoms with E-state index in [1.807, 2.05) is 30.3 Å². The number of ether oxygens (including phenoxy) is 2. The molecule has 0 spiro atoms. The highest BCUT2D eigenvalue weighted by Crippen LogP contribution is 2.41. The number of methoxy groups -OCH3 is 1. The SMILES string of the molecule is COc1ccc(COC(=O)C2=C(/C=C/C(F)F)CS[C@@H]3[C@H](NC(=O)Cc4ccccc4)C(=O)N23)cc1. The number of hydrogen-bond donors (Lipinski definition) is 1. The molecular weight excluding hydrogens is 490 g/mol. The quantitative estimate of drug-likeness (QED) is 0.408. The molecule has 36 heavy (non-hydrogen) atoms. The van der Waals surface area contributed by atoms with E-state index in [2.05, 4.69) is 5.32 Å². The van der Waals surface area contributed by atoms with Crippen LogP contribution in [0, 0.1) is 0 Å². The minimum absolute atomic E-state index is 0.0742. The molecule has 2 aromatic carbocycles. The molecule has 0 unspecified atom stereocenters. The normalized spacial score (nSPS) is 19.2.